The monoisotopic (exact) mass is 777 g/mol. The number of fused-ring (bicyclic) bond motifs is 2. The Kier molecular flexibility index (Phi) is 11.1. The number of thioether (sulfide) groups is 1. The smallest absolute Gasteiger partial charge is 0.290 e. The number of rotatable bonds is 10. The highest BCUT2D eigenvalue weighted by molar-refractivity contribution is 8.00. The first kappa shape index (κ1) is 37.0. The molecular formula is C30H26Cl2FN9O7S2. The summed E-state index contributed by atoms with van der Waals surface area (Å²) in [7, 11) is 1.22. The zero-order chi connectivity index (χ0) is 37.1. The maximum Gasteiger partial charge on any atom is 0.290 e. The first-order chi connectivity index (χ1) is 24.3. The fraction of sp³-hybridized carbons (Fsp3) is 0.200. The second-order valence-corrected chi connectivity index (χ2v) is 13.9. The highest BCUT2D eigenvalue weighted by Gasteiger charge is 2.53. The summed E-state index contributed by atoms with van der Waals surface area (Å²) < 4.78 is 18.6. The number of thiazole rings is 1. The van der Waals surface area contributed by atoms with Crippen LogP contribution in [0.4, 0.5) is 9.52 Å². The van der Waals surface area contributed by atoms with E-state index >= 15 is 0 Å². The van der Waals surface area contributed by atoms with E-state index in [2.05, 4.69) is 15.5 Å². The molecule has 0 aliphatic carbocycles. The number of hydrogen-bond acceptors (Lipinski definition) is 12. The minimum absolute atomic E-state index is 0.0182. The largest absolute Gasteiger partial charge is 0.543 e. The van der Waals surface area contributed by atoms with Crippen molar-refractivity contribution in [3.8, 4) is 0 Å². The fourth-order valence-electron chi connectivity index (χ4n) is 5.45. The molecule has 2 atom stereocenters. The Morgan fingerprint density at radius 3 is 2.69 bits per heavy atom. The quantitative estimate of drug-likeness (QED) is 0.0378. The summed E-state index contributed by atoms with van der Waals surface area (Å²) in [6.45, 7) is -0.0725. The number of benzene rings is 1. The molecule has 7 N–H and O–H groups in total. The van der Waals surface area contributed by atoms with Crippen molar-refractivity contribution in [3.63, 3.8) is 0 Å². The average Bonchev–Trinajstić information content (AvgIpc) is 3.64. The molecule has 0 saturated carbocycles. The predicted molar refractivity (Wildman–Crippen MR) is 184 cm³/mol. The van der Waals surface area contributed by atoms with Crippen LogP contribution >= 0.6 is 46.3 Å². The summed E-state index contributed by atoms with van der Waals surface area (Å²) in [5, 5.41) is 33.4. The van der Waals surface area contributed by atoms with Crippen LogP contribution in [0, 0.1) is 11.2 Å². The standard InChI is InChI=1S/C29H24Cl2FN9O5S2.CH2O2/c1-46-38-20(19-23(31)48-29(35)37-19)25(42)36-21-26(43)41-22(28(44)45)14(11-47-27(21)41)8-39-4-2-12-3-5-40(18(12)10-39)9-15-16(30)6-13(24(33)34)7-17(15)32;2-1-3/h2-7,10,21,27H,8-9,11H2,1H3,(H6-,33,34,35,36,37,42,44,45);1H,(H,2,3)/b38-20-;/t21-,27-;/m1./s1. The van der Waals surface area contributed by atoms with Gasteiger partial charge in [0.05, 0.1) is 18.2 Å². The topological polar surface area (TPSA) is 246 Å². The van der Waals surface area contributed by atoms with Gasteiger partial charge in [0.25, 0.3) is 18.3 Å². The minimum atomic E-state index is -1.54. The highest BCUT2D eigenvalue weighted by Crippen LogP contribution is 2.40. The number of carboxylic acid groups (broad SMARTS) is 2. The Hall–Kier alpha value is -5.24. The van der Waals surface area contributed by atoms with Crippen LogP contribution in [0.5, 0.6) is 0 Å². The maximum atomic E-state index is 14.9. The molecule has 1 fully saturated rings. The van der Waals surface area contributed by atoms with E-state index in [1.165, 1.54) is 24.9 Å². The molecule has 0 spiro atoms. The lowest BCUT2D eigenvalue weighted by atomic mass is 10.0. The van der Waals surface area contributed by atoms with E-state index < -0.39 is 35.0 Å². The number of nitrogen functional groups attached to an aromatic ring is 2. The van der Waals surface area contributed by atoms with Gasteiger partial charge < -0.3 is 41.2 Å². The second-order valence-electron chi connectivity index (χ2n) is 10.7. The molecule has 6 rings (SSSR count). The summed E-state index contributed by atoms with van der Waals surface area (Å²) in [6, 6.07) is 5.18. The lowest BCUT2D eigenvalue weighted by molar-refractivity contribution is -0.687. The number of nitrogens with zero attached hydrogens (tertiary/aromatic N) is 5. The number of aliphatic carboxylic acids is 1. The molecule has 2 aliphatic heterocycles. The normalized spacial score (nSPS) is 16.9. The zero-order valence-corrected chi connectivity index (χ0v) is 29.3. The molecule has 0 unspecified atom stereocenters. The van der Waals surface area contributed by atoms with Crippen molar-refractivity contribution in [2.45, 2.75) is 24.5 Å². The third-order valence-electron chi connectivity index (χ3n) is 7.68. The molecule has 51 heavy (non-hydrogen) atoms. The van der Waals surface area contributed by atoms with Gasteiger partial charge in [-0.25, -0.2) is 9.37 Å². The van der Waals surface area contributed by atoms with Crippen molar-refractivity contribution >= 4 is 98.1 Å². The van der Waals surface area contributed by atoms with E-state index in [4.69, 9.17) is 54.8 Å². The number of β-lactam (4-membered cyclic amide) rings is 1. The molecule has 21 heteroatoms. The number of carbonyl (C=O) groups excluding carboxylic acids is 3. The fourth-order valence-corrected chi connectivity index (χ4v) is 7.98. The number of amidine groups is 1. The second kappa shape index (κ2) is 15.3. The van der Waals surface area contributed by atoms with Crippen molar-refractivity contribution in [1.29, 1.82) is 5.41 Å². The van der Waals surface area contributed by atoms with Crippen molar-refractivity contribution in [1.82, 2.24) is 19.8 Å². The molecule has 1 saturated heterocycles. The molecule has 0 radical (unpaired) electrons. The van der Waals surface area contributed by atoms with E-state index in [1.807, 2.05) is 12.1 Å². The van der Waals surface area contributed by atoms with Crippen LogP contribution in [0.25, 0.3) is 10.9 Å². The van der Waals surface area contributed by atoms with Crippen LogP contribution in [0.2, 0.25) is 9.36 Å². The van der Waals surface area contributed by atoms with Crippen LogP contribution in [-0.4, -0.2) is 79.6 Å². The molecule has 2 amide bonds. The Bertz CT molecular complexity index is 2130. The zero-order valence-electron chi connectivity index (χ0n) is 26.1. The third kappa shape index (κ3) is 7.46. The first-order valence-electron chi connectivity index (χ1n) is 14.4. The van der Waals surface area contributed by atoms with E-state index in [-0.39, 0.29) is 73.9 Å². The average molecular weight is 779 g/mol. The number of nitrogens with two attached hydrogens (primary N) is 2. The van der Waals surface area contributed by atoms with Crippen molar-refractivity contribution in [3.05, 3.63) is 86.1 Å². The van der Waals surface area contributed by atoms with Crippen molar-refractivity contribution in [2.75, 3.05) is 18.6 Å². The van der Waals surface area contributed by atoms with Gasteiger partial charge in [-0.1, -0.05) is 39.7 Å². The molecule has 2 aliphatic rings. The van der Waals surface area contributed by atoms with Gasteiger partial charge in [0.15, 0.2) is 29.8 Å². The van der Waals surface area contributed by atoms with Gasteiger partial charge >= 0.3 is 0 Å². The van der Waals surface area contributed by atoms with E-state index in [0.29, 0.717) is 11.1 Å². The molecule has 5 heterocycles. The van der Waals surface area contributed by atoms with Crippen LogP contribution < -0.4 is 26.5 Å². The number of aromatic nitrogens is 3. The number of carbonyl (C=O) groups is 4. The van der Waals surface area contributed by atoms with Gasteiger partial charge in [0, 0.05) is 45.1 Å². The van der Waals surface area contributed by atoms with Crippen LogP contribution in [0.3, 0.4) is 0 Å². The van der Waals surface area contributed by atoms with Crippen LogP contribution in [0.1, 0.15) is 16.8 Å². The van der Waals surface area contributed by atoms with Crippen LogP contribution in [0.15, 0.2) is 59.3 Å². The number of oxime groups is 1. The molecule has 3 aromatic heterocycles. The van der Waals surface area contributed by atoms with Crippen molar-refractivity contribution < 1.29 is 43.2 Å². The number of carboxylic acids is 1. The molecule has 0 bridgehead atoms. The summed E-state index contributed by atoms with van der Waals surface area (Å²) in [4.78, 5) is 57.0. The summed E-state index contributed by atoms with van der Waals surface area (Å²) >= 11 is 14.7. The van der Waals surface area contributed by atoms with Crippen molar-refractivity contribution in [2.24, 2.45) is 10.9 Å². The Labute approximate surface area is 305 Å². The van der Waals surface area contributed by atoms with Gasteiger partial charge in [-0.15, -0.1) is 11.8 Å². The molecule has 4 aromatic rings. The van der Waals surface area contributed by atoms with E-state index in [9.17, 15) is 23.9 Å². The summed E-state index contributed by atoms with van der Waals surface area (Å²) in [5.41, 5.74) is 12.1. The molecule has 266 valence electrons. The predicted octanol–water partition coefficient (Wildman–Crippen LogP) is 0.901. The number of nitrogens with one attached hydrogen (secondary N) is 2. The Balaban J connectivity index is 0.00000162. The van der Waals surface area contributed by atoms with Gasteiger partial charge in [-0.05, 0) is 18.2 Å². The van der Waals surface area contributed by atoms with Gasteiger partial charge in [0.2, 0.25) is 0 Å². The highest BCUT2D eigenvalue weighted by atomic mass is 35.5. The van der Waals surface area contributed by atoms with E-state index in [0.717, 1.165) is 27.7 Å². The number of pyridine rings is 1. The minimum Gasteiger partial charge on any atom is -0.543 e. The number of halogens is 3. The number of anilines is 1. The molecule has 16 nitrogen and oxygen atoms in total. The number of hydrogen-bond donors (Lipinski definition) is 5. The van der Waals surface area contributed by atoms with Gasteiger partial charge in [-0.3, -0.25) is 24.7 Å². The van der Waals surface area contributed by atoms with E-state index in [1.54, 1.807) is 27.7 Å². The molecular weight excluding hydrogens is 752 g/mol. The third-order valence-corrected chi connectivity index (χ3v) is 10.4. The maximum absolute atomic E-state index is 14.9. The lowest BCUT2D eigenvalue weighted by Gasteiger charge is -2.50. The lowest BCUT2D eigenvalue weighted by Crippen LogP contribution is -2.71. The van der Waals surface area contributed by atoms with Gasteiger partial charge in [0.1, 0.15) is 45.7 Å². The Morgan fingerprint density at radius 2 is 2.08 bits per heavy atom. The first-order valence-corrected chi connectivity index (χ1v) is 17.0. The van der Waals surface area contributed by atoms with Crippen LogP contribution in [-0.2, 0) is 37.1 Å². The molecule has 1 aromatic carbocycles. The Morgan fingerprint density at radius 1 is 1.35 bits per heavy atom. The summed E-state index contributed by atoms with van der Waals surface area (Å²) in [6.07, 6.45) is 5.30. The van der Waals surface area contributed by atoms with Gasteiger partial charge in [-0.2, -0.15) is 4.57 Å². The number of amides is 2. The SMILES string of the molecule is CO/N=C(\C(=O)N[C@@H]1C(=O)N2C(C(=O)[O-])=C(C[n+]3ccc4ccn(Cc5c(F)cc(C(=N)N)cc5Cl)c4c3)CS[C@H]12)c1nc(N)sc1Cl.O=CO. The summed E-state index contributed by atoms with van der Waals surface area (Å²) in [5.74, 6) is -3.70.